The second kappa shape index (κ2) is 21.0. The van der Waals surface area contributed by atoms with Crippen LogP contribution in [-0.4, -0.2) is 0 Å². The van der Waals surface area contributed by atoms with Gasteiger partial charge in [-0.15, -0.1) is 0 Å². The molecule has 0 fully saturated rings. The van der Waals surface area contributed by atoms with Crippen molar-refractivity contribution in [3.8, 4) is 0 Å². The van der Waals surface area contributed by atoms with Crippen molar-refractivity contribution in [1.82, 2.24) is 0 Å². The third-order valence-electron chi connectivity index (χ3n) is 3.96. The molecule has 0 amide bonds. The molecule has 0 unspecified atom stereocenters. The number of rotatable bonds is 15. The first-order chi connectivity index (χ1) is 8.91. The molecule has 0 aliphatic rings. The van der Waals surface area contributed by atoms with Crippen molar-refractivity contribution in [2.24, 2.45) is 0 Å². The van der Waals surface area contributed by atoms with Crippen molar-refractivity contribution < 1.29 is 22.4 Å². The number of hydrogen-bond acceptors (Lipinski definition) is 0. The molecule has 19 heavy (non-hydrogen) atoms. The Hall–Kier alpha value is 0.740. The van der Waals surface area contributed by atoms with E-state index in [0.717, 1.165) is 0 Å². The molecule has 0 aliphatic heterocycles. The summed E-state index contributed by atoms with van der Waals surface area (Å²) in [5.41, 5.74) is 0. The summed E-state index contributed by atoms with van der Waals surface area (Å²) in [6, 6.07) is 0. The topological polar surface area (TPSA) is 0 Å². The Morgan fingerprint density at radius 2 is 0.474 bits per heavy atom. The zero-order valence-corrected chi connectivity index (χ0v) is 15.8. The van der Waals surface area contributed by atoms with Crippen molar-refractivity contribution in [3.63, 3.8) is 0 Å². The molecule has 0 saturated carbocycles. The van der Waals surface area contributed by atoms with Gasteiger partial charge in [0.15, 0.2) is 0 Å². The van der Waals surface area contributed by atoms with Crippen LogP contribution in [0.3, 0.4) is 0 Å². The fourth-order valence-electron chi connectivity index (χ4n) is 2.62. The molecule has 0 saturated heterocycles. The van der Waals surface area contributed by atoms with E-state index in [0.29, 0.717) is 0 Å². The van der Waals surface area contributed by atoms with Crippen LogP contribution >= 0.6 is 0 Å². The van der Waals surface area contributed by atoms with E-state index in [4.69, 9.17) is 0 Å². The smallest absolute Gasteiger partial charge is 0 e. The van der Waals surface area contributed by atoms with Crippen LogP contribution in [-0.2, 0) is 22.4 Å². The van der Waals surface area contributed by atoms with Crippen LogP contribution in [0.4, 0.5) is 0 Å². The summed E-state index contributed by atoms with van der Waals surface area (Å²) >= 11 is 0. The summed E-state index contributed by atoms with van der Waals surface area (Å²) < 4.78 is 0. The van der Waals surface area contributed by atoms with Gasteiger partial charge in [0.2, 0.25) is 0 Å². The first-order valence-electron chi connectivity index (χ1n) is 8.91. The fourth-order valence-corrected chi connectivity index (χ4v) is 2.62. The van der Waals surface area contributed by atoms with E-state index in [1.165, 1.54) is 103 Å². The molecule has 0 spiro atoms. The molecule has 1 heteroatoms. The molecule has 0 aromatic carbocycles. The molecule has 0 aromatic heterocycles. The molecule has 0 aliphatic carbocycles. The second-order valence-electron chi connectivity index (χ2n) is 5.95. The minimum absolute atomic E-state index is 0. The summed E-state index contributed by atoms with van der Waals surface area (Å²) in [6.07, 6.45) is 23.4. The number of hydrogen-bond donors (Lipinski definition) is 0. The first kappa shape index (κ1) is 22.0. The van der Waals surface area contributed by atoms with Crippen LogP contribution < -0.4 is 0 Å². The quantitative estimate of drug-likeness (QED) is 0.182. The minimum Gasteiger partial charge on any atom is -0.0654 e. The Morgan fingerprint density at radius 3 is 0.632 bits per heavy atom. The largest absolute Gasteiger partial charge is 0.0654 e. The van der Waals surface area contributed by atoms with Crippen molar-refractivity contribution in [2.75, 3.05) is 0 Å². The van der Waals surface area contributed by atoms with E-state index in [9.17, 15) is 0 Å². The second-order valence-corrected chi connectivity index (χ2v) is 5.95. The third-order valence-corrected chi connectivity index (χ3v) is 3.96. The Labute approximate surface area is 139 Å². The van der Waals surface area contributed by atoms with Crippen LogP contribution in [0.5, 0.6) is 0 Å². The first-order valence-corrected chi connectivity index (χ1v) is 8.91. The maximum atomic E-state index is 2.29. The summed E-state index contributed by atoms with van der Waals surface area (Å²) in [7, 11) is 0. The Morgan fingerprint density at radius 1 is 0.316 bits per heavy atom. The van der Waals surface area contributed by atoms with Crippen molar-refractivity contribution in [3.05, 3.63) is 0 Å². The molecular weight excluding hydrogens is 413 g/mol. The van der Waals surface area contributed by atoms with E-state index < -0.39 is 0 Å². The normalized spacial score (nSPS) is 10.4. The van der Waals surface area contributed by atoms with Crippen molar-refractivity contribution in [2.45, 2.75) is 117 Å². The third kappa shape index (κ3) is 21.2. The van der Waals surface area contributed by atoms with Crippen LogP contribution in [0.2, 0.25) is 0 Å². The molecule has 0 heterocycles. The van der Waals surface area contributed by atoms with Gasteiger partial charge in [-0.2, -0.15) is 0 Å². The van der Waals surface area contributed by atoms with Crippen molar-refractivity contribution in [1.29, 1.82) is 0 Å². The summed E-state index contributed by atoms with van der Waals surface area (Å²) in [5, 5.41) is 0. The molecule has 0 aromatic rings. The average molecular weight is 451 g/mol. The standard InChI is InChI=1S/C18H38.Au/c1-3-5-7-9-11-13-15-17-18-16-14-12-10-8-6-4-2;/h3-18H2,1-2H3;. The van der Waals surface area contributed by atoms with E-state index in [-0.39, 0.29) is 22.4 Å². The molecule has 0 bridgehead atoms. The van der Waals surface area contributed by atoms with Gasteiger partial charge in [0, 0.05) is 22.4 Å². The van der Waals surface area contributed by atoms with E-state index >= 15 is 0 Å². The van der Waals surface area contributed by atoms with Crippen LogP contribution in [0.1, 0.15) is 117 Å². The van der Waals surface area contributed by atoms with Crippen molar-refractivity contribution >= 4 is 0 Å². The van der Waals surface area contributed by atoms with Gasteiger partial charge >= 0.3 is 0 Å². The van der Waals surface area contributed by atoms with Crippen LogP contribution in [0.25, 0.3) is 0 Å². The predicted octanol–water partition coefficient (Wildman–Crippen LogP) is 7.27. The van der Waals surface area contributed by atoms with Gasteiger partial charge in [-0.25, -0.2) is 0 Å². The van der Waals surface area contributed by atoms with Crippen LogP contribution in [0, 0.1) is 0 Å². The zero-order valence-electron chi connectivity index (χ0n) is 13.6. The van der Waals surface area contributed by atoms with Crippen LogP contribution in [0.15, 0.2) is 0 Å². The maximum absolute atomic E-state index is 2.29. The van der Waals surface area contributed by atoms with Gasteiger partial charge in [-0.05, 0) is 0 Å². The monoisotopic (exact) mass is 451 g/mol. The number of unbranched alkanes of at least 4 members (excludes halogenated alkanes) is 15. The van der Waals surface area contributed by atoms with Gasteiger partial charge < -0.3 is 0 Å². The molecule has 0 nitrogen and oxygen atoms in total. The predicted molar refractivity (Wildman–Crippen MR) is 85.2 cm³/mol. The van der Waals surface area contributed by atoms with E-state index in [1.54, 1.807) is 0 Å². The Balaban J connectivity index is 0. The van der Waals surface area contributed by atoms with E-state index in [2.05, 4.69) is 13.8 Å². The summed E-state index contributed by atoms with van der Waals surface area (Å²) in [6.45, 7) is 4.59. The maximum Gasteiger partial charge on any atom is 0 e. The SMILES string of the molecule is CCCCCCCCCCCCCCCCCC.[Au]. The fraction of sp³-hybridized carbons (Fsp3) is 1.00. The summed E-state index contributed by atoms with van der Waals surface area (Å²) in [4.78, 5) is 0. The average Bonchev–Trinajstić information content (AvgIpc) is 2.39. The molecule has 0 atom stereocenters. The Kier molecular flexibility index (Phi) is 24.4. The Bertz CT molecular complexity index is 118. The molecule has 1 radical (unpaired) electrons. The zero-order chi connectivity index (χ0) is 13.3. The van der Waals surface area contributed by atoms with Gasteiger partial charge in [0.1, 0.15) is 0 Å². The molecular formula is C18H38Au. The summed E-state index contributed by atoms with van der Waals surface area (Å²) in [5.74, 6) is 0. The molecule has 0 rings (SSSR count). The van der Waals surface area contributed by atoms with Gasteiger partial charge in [0.05, 0.1) is 0 Å². The van der Waals surface area contributed by atoms with E-state index in [1.807, 2.05) is 0 Å². The van der Waals surface area contributed by atoms with Gasteiger partial charge in [-0.3, -0.25) is 0 Å². The van der Waals surface area contributed by atoms with Gasteiger partial charge in [0.25, 0.3) is 0 Å². The minimum atomic E-state index is 0. The molecule has 121 valence electrons. The molecule has 0 N–H and O–H groups in total. The van der Waals surface area contributed by atoms with Gasteiger partial charge in [-0.1, -0.05) is 117 Å².